The van der Waals surface area contributed by atoms with Gasteiger partial charge in [-0.3, -0.25) is 0 Å². The summed E-state index contributed by atoms with van der Waals surface area (Å²) in [4.78, 5) is 13.9. The first kappa shape index (κ1) is 19.3. The lowest BCUT2D eigenvalue weighted by molar-refractivity contribution is 0.414. The molecule has 4 aromatic rings. The van der Waals surface area contributed by atoms with E-state index in [0.29, 0.717) is 16.7 Å². The lowest BCUT2D eigenvalue weighted by Gasteiger charge is -2.14. The monoisotopic (exact) mass is 429 g/mol. The normalized spacial score (nSPS) is 15.5. The van der Waals surface area contributed by atoms with Gasteiger partial charge in [-0.25, -0.2) is 4.79 Å². The third kappa shape index (κ3) is 3.55. The molecule has 2 N–H and O–H groups in total. The molecule has 0 amide bonds. The molecule has 1 aromatic heterocycles. The fourth-order valence-electron chi connectivity index (χ4n) is 3.68. The van der Waals surface area contributed by atoms with Gasteiger partial charge in [-0.1, -0.05) is 36.4 Å². The molecule has 0 saturated heterocycles. The van der Waals surface area contributed by atoms with E-state index in [1.54, 1.807) is 43.1 Å². The van der Waals surface area contributed by atoms with E-state index in [2.05, 4.69) is 5.32 Å². The minimum absolute atomic E-state index is 0.0978. The van der Waals surface area contributed by atoms with Gasteiger partial charge in [-0.2, -0.15) is 0 Å². The topological polar surface area (TPSA) is 71.7 Å². The molecule has 3 aromatic carbocycles. The minimum atomic E-state index is -0.594. The van der Waals surface area contributed by atoms with Crippen molar-refractivity contribution in [2.75, 3.05) is 12.4 Å². The smallest absolute Gasteiger partial charge is 0.349 e. The summed E-state index contributed by atoms with van der Waals surface area (Å²) >= 11 is 1.66. The standard InChI is InChI=1S/C25H19NO4S/c1-29-16-8-6-7-15(13-16)22-14-19(26-18-10-3-5-12-21(18)31-22)23-24(27)17-9-2-4-11-20(17)30-25(23)28/h2-14,22,26-27H,1H3. The number of methoxy groups -OCH3 is 1. The van der Waals surface area contributed by atoms with Crippen LogP contribution in [0.5, 0.6) is 11.5 Å². The van der Waals surface area contributed by atoms with Crippen molar-refractivity contribution in [3.05, 3.63) is 100 Å². The number of ether oxygens (including phenoxy) is 1. The molecule has 0 fully saturated rings. The van der Waals surface area contributed by atoms with E-state index in [1.165, 1.54) is 0 Å². The van der Waals surface area contributed by atoms with E-state index in [0.717, 1.165) is 21.9 Å². The summed E-state index contributed by atoms with van der Waals surface area (Å²) in [6, 6.07) is 22.7. The lowest BCUT2D eigenvalue weighted by atomic mass is 10.1. The maximum Gasteiger partial charge on any atom is 0.349 e. The predicted octanol–water partition coefficient (Wildman–Crippen LogP) is 5.81. The molecule has 0 aliphatic carbocycles. The van der Waals surface area contributed by atoms with Crippen molar-refractivity contribution >= 4 is 34.1 Å². The number of thioether (sulfide) groups is 1. The number of fused-ring (bicyclic) bond motifs is 2. The number of aromatic hydroxyl groups is 1. The Kier molecular flexibility index (Phi) is 4.92. The van der Waals surface area contributed by atoms with Crippen LogP contribution in [0, 0.1) is 0 Å². The molecular weight excluding hydrogens is 410 g/mol. The van der Waals surface area contributed by atoms with Crippen molar-refractivity contribution in [3.8, 4) is 11.5 Å². The number of hydrogen-bond donors (Lipinski definition) is 2. The Balaban J connectivity index is 1.72. The van der Waals surface area contributed by atoms with Crippen molar-refractivity contribution in [1.82, 2.24) is 0 Å². The van der Waals surface area contributed by atoms with Crippen LogP contribution in [-0.2, 0) is 0 Å². The van der Waals surface area contributed by atoms with Gasteiger partial charge in [0, 0.05) is 4.90 Å². The zero-order valence-corrected chi connectivity index (χ0v) is 17.5. The predicted molar refractivity (Wildman–Crippen MR) is 124 cm³/mol. The van der Waals surface area contributed by atoms with E-state index in [4.69, 9.17) is 9.15 Å². The third-order valence-corrected chi connectivity index (χ3v) is 6.48. The number of nitrogens with one attached hydrogen (secondary N) is 1. The second-order valence-corrected chi connectivity index (χ2v) is 8.31. The Morgan fingerprint density at radius 1 is 1.03 bits per heavy atom. The molecule has 6 heteroatoms. The zero-order valence-electron chi connectivity index (χ0n) is 16.7. The van der Waals surface area contributed by atoms with Crippen LogP contribution in [0.15, 0.2) is 93.0 Å². The molecule has 1 aliphatic rings. The number of anilines is 1. The van der Waals surface area contributed by atoms with Crippen LogP contribution in [0.1, 0.15) is 16.4 Å². The average Bonchev–Trinajstić information content (AvgIpc) is 2.99. The van der Waals surface area contributed by atoms with Crippen LogP contribution < -0.4 is 15.7 Å². The molecular formula is C25H19NO4S. The highest BCUT2D eigenvalue weighted by Crippen LogP contribution is 2.46. The molecule has 1 aliphatic heterocycles. The summed E-state index contributed by atoms with van der Waals surface area (Å²) in [5.74, 6) is 0.658. The SMILES string of the molecule is COc1cccc(C2C=C(c3c(O)c4ccccc4oc3=O)Nc3ccccc3S2)c1. The summed E-state index contributed by atoms with van der Waals surface area (Å²) in [6.45, 7) is 0. The van der Waals surface area contributed by atoms with Gasteiger partial charge in [-0.05, 0) is 48.0 Å². The highest BCUT2D eigenvalue weighted by Gasteiger charge is 2.24. The largest absolute Gasteiger partial charge is 0.506 e. The van der Waals surface area contributed by atoms with Crippen LogP contribution in [0.25, 0.3) is 16.7 Å². The first-order valence-corrected chi connectivity index (χ1v) is 10.7. The third-order valence-electron chi connectivity index (χ3n) is 5.21. The number of benzene rings is 3. The van der Waals surface area contributed by atoms with Gasteiger partial charge < -0.3 is 19.6 Å². The quantitative estimate of drug-likeness (QED) is 0.401. The second-order valence-electron chi connectivity index (χ2n) is 7.13. The summed E-state index contributed by atoms with van der Waals surface area (Å²) < 4.78 is 10.9. The fourth-order valence-corrected chi connectivity index (χ4v) is 4.84. The molecule has 1 atom stereocenters. The molecule has 2 heterocycles. The van der Waals surface area contributed by atoms with Crippen molar-refractivity contribution < 1.29 is 14.3 Å². The molecule has 5 nitrogen and oxygen atoms in total. The van der Waals surface area contributed by atoms with E-state index in [9.17, 15) is 9.90 Å². The molecule has 1 unspecified atom stereocenters. The van der Waals surface area contributed by atoms with Gasteiger partial charge in [0.05, 0.1) is 29.1 Å². The highest BCUT2D eigenvalue weighted by molar-refractivity contribution is 7.99. The summed E-state index contributed by atoms with van der Waals surface area (Å²) in [6.07, 6.45) is 1.94. The van der Waals surface area contributed by atoms with Gasteiger partial charge in [-0.15, -0.1) is 11.8 Å². The van der Waals surface area contributed by atoms with Gasteiger partial charge in [0.1, 0.15) is 22.6 Å². The van der Waals surface area contributed by atoms with Crippen LogP contribution in [-0.4, -0.2) is 12.2 Å². The van der Waals surface area contributed by atoms with Crippen molar-refractivity contribution in [1.29, 1.82) is 0 Å². The Bertz CT molecular complexity index is 1380. The van der Waals surface area contributed by atoms with Crippen LogP contribution >= 0.6 is 11.8 Å². The number of para-hydroxylation sites is 2. The van der Waals surface area contributed by atoms with Crippen molar-refractivity contribution in [2.24, 2.45) is 0 Å². The van der Waals surface area contributed by atoms with Crippen molar-refractivity contribution in [2.45, 2.75) is 10.1 Å². The average molecular weight is 429 g/mol. The molecule has 0 spiro atoms. The molecule has 0 bridgehead atoms. The molecule has 0 saturated carbocycles. The van der Waals surface area contributed by atoms with Crippen LogP contribution in [0.2, 0.25) is 0 Å². The van der Waals surface area contributed by atoms with Crippen LogP contribution in [0.3, 0.4) is 0 Å². The maximum atomic E-state index is 12.9. The Labute approximate surface area is 183 Å². The van der Waals surface area contributed by atoms with Gasteiger partial charge in [0.2, 0.25) is 0 Å². The summed E-state index contributed by atoms with van der Waals surface area (Å²) in [5.41, 5.74) is 2.25. The first-order chi connectivity index (χ1) is 15.1. The minimum Gasteiger partial charge on any atom is -0.506 e. The van der Waals surface area contributed by atoms with Crippen molar-refractivity contribution in [3.63, 3.8) is 0 Å². The van der Waals surface area contributed by atoms with E-state index in [-0.39, 0.29) is 16.6 Å². The number of rotatable bonds is 3. The molecule has 5 rings (SSSR count). The molecule has 31 heavy (non-hydrogen) atoms. The highest BCUT2D eigenvalue weighted by atomic mass is 32.2. The Hall–Kier alpha value is -3.64. The van der Waals surface area contributed by atoms with Gasteiger partial charge >= 0.3 is 5.63 Å². The summed E-state index contributed by atoms with van der Waals surface area (Å²) in [7, 11) is 1.63. The first-order valence-electron chi connectivity index (χ1n) is 9.77. The van der Waals surface area contributed by atoms with Gasteiger partial charge in [0.15, 0.2) is 0 Å². The summed E-state index contributed by atoms with van der Waals surface area (Å²) in [5, 5.41) is 14.7. The van der Waals surface area contributed by atoms with Gasteiger partial charge in [0.25, 0.3) is 0 Å². The number of hydrogen-bond acceptors (Lipinski definition) is 6. The Morgan fingerprint density at radius 2 is 1.84 bits per heavy atom. The fraction of sp³-hybridized carbons (Fsp3) is 0.0800. The lowest BCUT2D eigenvalue weighted by Crippen LogP contribution is -2.12. The van der Waals surface area contributed by atoms with E-state index < -0.39 is 5.63 Å². The van der Waals surface area contributed by atoms with E-state index >= 15 is 0 Å². The Morgan fingerprint density at radius 3 is 2.71 bits per heavy atom. The molecule has 0 radical (unpaired) electrons. The van der Waals surface area contributed by atoms with E-state index in [1.807, 2.05) is 54.6 Å². The zero-order chi connectivity index (χ0) is 21.4. The molecule has 154 valence electrons. The van der Waals surface area contributed by atoms with Crippen LogP contribution in [0.4, 0.5) is 5.69 Å². The second kappa shape index (κ2) is 7.89. The maximum absolute atomic E-state index is 12.9.